The van der Waals surface area contributed by atoms with E-state index < -0.39 is 0 Å². The van der Waals surface area contributed by atoms with E-state index in [9.17, 15) is 9.59 Å². The summed E-state index contributed by atoms with van der Waals surface area (Å²) in [5.74, 6) is 0.152. The molecule has 1 fully saturated rings. The lowest BCUT2D eigenvalue weighted by Gasteiger charge is -2.32. The van der Waals surface area contributed by atoms with E-state index in [1.807, 2.05) is 19.0 Å². The molecule has 0 spiro atoms. The summed E-state index contributed by atoms with van der Waals surface area (Å²) in [6, 6.07) is 2.08. The van der Waals surface area contributed by atoms with Crippen molar-refractivity contribution >= 4 is 23.3 Å². The van der Waals surface area contributed by atoms with Crippen molar-refractivity contribution in [1.82, 2.24) is 20.0 Å². The fourth-order valence-electron chi connectivity index (χ4n) is 2.71. The van der Waals surface area contributed by atoms with Crippen molar-refractivity contribution < 1.29 is 9.59 Å². The van der Waals surface area contributed by atoms with E-state index in [1.165, 1.54) is 10.4 Å². The fourth-order valence-corrected chi connectivity index (χ4v) is 3.63. The van der Waals surface area contributed by atoms with Gasteiger partial charge < -0.3 is 20.0 Å². The maximum atomic E-state index is 12.7. The van der Waals surface area contributed by atoms with Crippen molar-refractivity contribution in [3.05, 3.63) is 21.9 Å². The Labute approximate surface area is 148 Å². The summed E-state index contributed by atoms with van der Waals surface area (Å²) in [5, 5.41) is 5.17. The van der Waals surface area contributed by atoms with Crippen molar-refractivity contribution in [3.8, 4) is 0 Å². The van der Waals surface area contributed by atoms with Crippen LogP contribution in [0.15, 0.2) is 11.4 Å². The zero-order chi connectivity index (χ0) is 17.7. The number of aryl methyl sites for hydroxylation is 1. The molecule has 1 aromatic rings. The van der Waals surface area contributed by atoms with Crippen LogP contribution >= 0.6 is 11.3 Å². The van der Waals surface area contributed by atoms with Crippen molar-refractivity contribution in [3.63, 3.8) is 0 Å². The molecule has 0 aromatic carbocycles. The number of amides is 3. The number of hydrogen-bond acceptors (Lipinski definition) is 4. The quantitative estimate of drug-likeness (QED) is 0.849. The molecule has 1 atom stereocenters. The molecule has 1 N–H and O–H groups in total. The van der Waals surface area contributed by atoms with E-state index in [0.29, 0.717) is 32.5 Å². The molecule has 1 saturated heterocycles. The van der Waals surface area contributed by atoms with Gasteiger partial charge in [0.05, 0.1) is 6.54 Å². The van der Waals surface area contributed by atoms with Crippen LogP contribution in [-0.2, 0) is 11.3 Å². The van der Waals surface area contributed by atoms with Crippen LogP contribution in [0, 0.1) is 6.92 Å². The first kappa shape index (κ1) is 18.7. The summed E-state index contributed by atoms with van der Waals surface area (Å²) < 4.78 is 0. The highest BCUT2D eigenvalue weighted by Gasteiger charge is 2.26. The molecule has 2 rings (SSSR count). The average molecular weight is 353 g/mol. The van der Waals surface area contributed by atoms with E-state index >= 15 is 0 Å². The van der Waals surface area contributed by atoms with Gasteiger partial charge in [0.1, 0.15) is 0 Å². The van der Waals surface area contributed by atoms with E-state index in [1.54, 1.807) is 23.3 Å². The molecule has 3 amide bonds. The van der Waals surface area contributed by atoms with Gasteiger partial charge in [0.15, 0.2) is 0 Å². The number of urea groups is 1. The monoisotopic (exact) mass is 352 g/mol. The smallest absolute Gasteiger partial charge is 0.318 e. The maximum Gasteiger partial charge on any atom is 0.318 e. The van der Waals surface area contributed by atoms with E-state index in [-0.39, 0.29) is 18.0 Å². The molecule has 7 heteroatoms. The zero-order valence-electron chi connectivity index (χ0n) is 15.0. The van der Waals surface area contributed by atoms with Crippen LogP contribution < -0.4 is 5.32 Å². The molecule has 0 saturated carbocycles. The maximum absolute atomic E-state index is 12.7. The summed E-state index contributed by atoms with van der Waals surface area (Å²) in [6.07, 6.45) is 1.22. The third-order valence-corrected chi connectivity index (χ3v) is 5.37. The van der Waals surface area contributed by atoms with Gasteiger partial charge in [0, 0.05) is 44.0 Å². The first-order valence-corrected chi connectivity index (χ1v) is 9.22. The van der Waals surface area contributed by atoms with Gasteiger partial charge in [-0.05, 0) is 44.4 Å². The molecular weight excluding hydrogens is 324 g/mol. The van der Waals surface area contributed by atoms with Crippen molar-refractivity contribution in [1.29, 1.82) is 0 Å². The number of rotatable bonds is 6. The van der Waals surface area contributed by atoms with E-state index in [0.717, 1.165) is 6.54 Å². The first-order valence-electron chi connectivity index (χ1n) is 8.34. The Morgan fingerprint density at radius 2 is 2.17 bits per heavy atom. The molecule has 0 bridgehead atoms. The van der Waals surface area contributed by atoms with Crippen LogP contribution in [0.5, 0.6) is 0 Å². The second-order valence-corrected chi connectivity index (χ2v) is 7.71. The number of likely N-dealkylation sites (N-methyl/N-ethyl adjacent to an activating group) is 2. The van der Waals surface area contributed by atoms with Crippen molar-refractivity contribution in [2.45, 2.75) is 32.4 Å². The van der Waals surface area contributed by atoms with Gasteiger partial charge >= 0.3 is 6.03 Å². The molecule has 134 valence electrons. The number of piperidine rings is 1. The standard InChI is InChI=1S/C17H28N4O2S/c1-13-7-10-24-15(13)12-21(9-8-19(2)3)17(23)18-14-5-6-16(22)20(4)11-14/h7,10,14H,5-6,8-9,11-12H2,1-4H3,(H,18,23)/t14-/m1/s1. The lowest BCUT2D eigenvalue weighted by molar-refractivity contribution is -0.132. The molecule has 1 aliphatic heterocycles. The van der Waals surface area contributed by atoms with E-state index in [4.69, 9.17) is 0 Å². The first-order chi connectivity index (χ1) is 11.4. The van der Waals surface area contributed by atoms with Crippen molar-refractivity contribution in [2.75, 3.05) is 40.8 Å². The summed E-state index contributed by atoms with van der Waals surface area (Å²) >= 11 is 1.69. The predicted molar refractivity (Wildman–Crippen MR) is 97.2 cm³/mol. The SMILES string of the molecule is Cc1ccsc1CN(CCN(C)C)C(=O)N[C@@H]1CCC(=O)N(C)C1. The van der Waals surface area contributed by atoms with Gasteiger partial charge in [-0.15, -0.1) is 11.3 Å². The molecular formula is C17H28N4O2S. The van der Waals surface area contributed by atoms with Crippen molar-refractivity contribution in [2.24, 2.45) is 0 Å². The number of carbonyl (C=O) groups excluding carboxylic acids is 2. The number of likely N-dealkylation sites (tertiary alicyclic amines) is 1. The van der Waals surface area contributed by atoms with Gasteiger partial charge in [0.2, 0.25) is 5.91 Å². The van der Waals surface area contributed by atoms with Gasteiger partial charge in [-0.25, -0.2) is 4.79 Å². The van der Waals surface area contributed by atoms with Gasteiger partial charge in [-0.2, -0.15) is 0 Å². The molecule has 1 aromatic heterocycles. The number of nitrogens with one attached hydrogen (secondary N) is 1. The highest BCUT2D eigenvalue weighted by molar-refractivity contribution is 7.10. The number of thiophene rings is 1. The molecule has 0 radical (unpaired) electrons. The van der Waals surface area contributed by atoms with Crippen LogP contribution in [0.3, 0.4) is 0 Å². The van der Waals surface area contributed by atoms with Gasteiger partial charge in [-0.3, -0.25) is 4.79 Å². The second kappa shape index (κ2) is 8.48. The topological polar surface area (TPSA) is 55.9 Å². The Bertz CT molecular complexity index is 573. The van der Waals surface area contributed by atoms with Gasteiger partial charge in [0.25, 0.3) is 0 Å². The van der Waals surface area contributed by atoms with Crippen LogP contribution in [0.4, 0.5) is 4.79 Å². The molecule has 2 heterocycles. The lowest BCUT2D eigenvalue weighted by atomic mass is 10.1. The summed E-state index contributed by atoms with van der Waals surface area (Å²) in [4.78, 5) is 31.2. The number of carbonyl (C=O) groups is 2. The highest BCUT2D eigenvalue weighted by atomic mass is 32.1. The number of nitrogens with zero attached hydrogens (tertiary/aromatic N) is 3. The largest absolute Gasteiger partial charge is 0.344 e. The Balaban J connectivity index is 1.98. The molecule has 1 aliphatic rings. The van der Waals surface area contributed by atoms with E-state index in [2.05, 4.69) is 28.6 Å². The summed E-state index contributed by atoms with van der Waals surface area (Å²) in [6.45, 7) is 4.79. The van der Waals surface area contributed by atoms with Gasteiger partial charge in [-0.1, -0.05) is 0 Å². The normalized spacial score (nSPS) is 18.1. The minimum absolute atomic E-state index is 0.0338. The lowest BCUT2D eigenvalue weighted by Crippen LogP contribution is -2.52. The Morgan fingerprint density at radius 1 is 1.42 bits per heavy atom. The molecule has 6 nitrogen and oxygen atoms in total. The zero-order valence-corrected chi connectivity index (χ0v) is 15.9. The summed E-state index contributed by atoms with van der Waals surface area (Å²) in [7, 11) is 5.81. The third kappa shape index (κ3) is 5.21. The molecule has 0 unspecified atom stereocenters. The third-order valence-electron chi connectivity index (χ3n) is 4.36. The second-order valence-electron chi connectivity index (χ2n) is 6.71. The predicted octanol–water partition coefficient (Wildman–Crippen LogP) is 1.75. The minimum Gasteiger partial charge on any atom is -0.344 e. The Hall–Kier alpha value is -1.60. The fraction of sp³-hybridized carbons (Fsp3) is 0.647. The Kier molecular flexibility index (Phi) is 6.62. The van der Waals surface area contributed by atoms with Crippen LogP contribution in [0.1, 0.15) is 23.3 Å². The van der Waals surface area contributed by atoms with Crippen LogP contribution in [-0.4, -0.2) is 73.5 Å². The minimum atomic E-state index is -0.0441. The number of hydrogen-bond donors (Lipinski definition) is 1. The Morgan fingerprint density at radius 3 is 2.75 bits per heavy atom. The van der Waals surface area contributed by atoms with Crippen LogP contribution in [0.25, 0.3) is 0 Å². The molecule has 24 heavy (non-hydrogen) atoms. The van der Waals surface area contributed by atoms with Crippen LogP contribution in [0.2, 0.25) is 0 Å². The average Bonchev–Trinajstić information content (AvgIpc) is 2.92. The summed E-state index contributed by atoms with van der Waals surface area (Å²) in [5.41, 5.74) is 1.23. The molecule has 0 aliphatic carbocycles. The highest BCUT2D eigenvalue weighted by Crippen LogP contribution is 2.18.